The summed E-state index contributed by atoms with van der Waals surface area (Å²) in [5.41, 5.74) is 0.734. The fourth-order valence-electron chi connectivity index (χ4n) is 1.57. The van der Waals surface area contributed by atoms with Crippen LogP contribution in [0, 0.1) is 0 Å². The van der Waals surface area contributed by atoms with Crippen molar-refractivity contribution < 1.29 is 15.0 Å². The summed E-state index contributed by atoms with van der Waals surface area (Å²) in [5.74, 6) is -0.677. The molecule has 16 heavy (non-hydrogen) atoms. The van der Waals surface area contributed by atoms with E-state index in [1.54, 1.807) is 37.1 Å². The van der Waals surface area contributed by atoms with Gasteiger partial charge in [0.25, 0.3) is 0 Å². The van der Waals surface area contributed by atoms with Crippen LogP contribution in [0.4, 0.5) is 0 Å². The molecule has 0 saturated carbocycles. The number of hydrogen-bond donors (Lipinski definition) is 2. The molecular weight excluding hydrogens is 206 g/mol. The second-order valence-corrected chi connectivity index (χ2v) is 3.91. The monoisotopic (exact) mass is 223 g/mol. The molecule has 0 spiro atoms. The normalized spacial score (nSPS) is 14.8. The van der Waals surface area contributed by atoms with Crippen LogP contribution in [0.15, 0.2) is 24.3 Å². The molecule has 0 aliphatic carbocycles. The third kappa shape index (κ3) is 2.52. The Balaban J connectivity index is 2.90. The van der Waals surface area contributed by atoms with E-state index in [0.29, 0.717) is 0 Å². The molecule has 0 aromatic heterocycles. The number of nitrogens with zero attached hydrogens (tertiary/aromatic N) is 1. The first-order valence-corrected chi connectivity index (χ1v) is 5.17. The summed E-state index contributed by atoms with van der Waals surface area (Å²) in [6, 6.07) is 6.23. The number of para-hydroxylation sites is 1. The topological polar surface area (TPSA) is 60.8 Å². The molecular formula is C12H17NO3. The molecule has 0 radical (unpaired) electrons. The van der Waals surface area contributed by atoms with E-state index in [1.807, 2.05) is 13.0 Å². The molecule has 0 fully saturated rings. The number of aromatic hydroxyl groups is 1. The summed E-state index contributed by atoms with van der Waals surface area (Å²) in [4.78, 5) is 12.6. The van der Waals surface area contributed by atoms with E-state index in [0.717, 1.165) is 5.56 Å². The molecule has 0 saturated heterocycles. The van der Waals surface area contributed by atoms with E-state index >= 15 is 0 Å². The van der Waals surface area contributed by atoms with Gasteiger partial charge in [0.15, 0.2) is 0 Å². The van der Waals surface area contributed by atoms with Crippen molar-refractivity contribution in [3.8, 4) is 5.75 Å². The number of phenols is 1. The Morgan fingerprint density at radius 3 is 2.38 bits per heavy atom. The van der Waals surface area contributed by atoms with Crippen LogP contribution in [-0.4, -0.2) is 34.2 Å². The number of carbonyl (C=O) groups is 1. The van der Waals surface area contributed by atoms with Crippen LogP contribution in [0.25, 0.3) is 0 Å². The lowest BCUT2D eigenvalue weighted by atomic mass is 10.0. The average molecular weight is 223 g/mol. The first-order chi connectivity index (χ1) is 7.45. The molecule has 0 aliphatic rings. The molecule has 0 bridgehead atoms. The zero-order valence-electron chi connectivity index (χ0n) is 9.71. The molecule has 4 heteroatoms. The molecule has 88 valence electrons. The zero-order chi connectivity index (χ0) is 12.3. The highest BCUT2D eigenvalue weighted by Gasteiger charge is 2.23. The van der Waals surface area contributed by atoms with Crippen molar-refractivity contribution in [3.05, 3.63) is 29.8 Å². The number of carboxylic acids is 1. The second-order valence-electron chi connectivity index (χ2n) is 3.91. The Bertz CT molecular complexity index is 378. The molecule has 0 amide bonds. The third-order valence-electron chi connectivity index (χ3n) is 2.97. The SMILES string of the molecule is CC(C(=O)O)N(C)C(C)c1ccccc1O. The number of phenolic OH excluding ortho intramolecular Hbond substituents is 1. The number of carboxylic acid groups (broad SMARTS) is 1. The Morgan fingerprint density at radius 2 is 1.88 bits per heavy atom. The van der Waals surface area contributed by atoms with Crippen LogP contribution in [0.3, 0.4) is 0 Å². The van der Waals surface area contributed by atoms with E-state index in [-0.39, 0.29) is 11.8 Å². The van der Waals surface area contributed by atoms with Gasteiger partial charge in [0.05, 0.1) is 0 Å². The maximum Gasteiger partial charge on any atom is 0.320 e. The molecule has 4 nitrogen and oxygen atoms in total. The second kappa shape index (κ2) is 4.99. The Labute approximate surface area is 95.1 Å². The van der Waals surface area contributed by atoms with Crippen LogP contribution in [0.5, 0.6) is 5.75 Å². The fraction of sp³-hybridized carbons (Fsp3) is 0.417. The highest BCUT2D eigenvalue weighted by molar-refractivity contribution is 5.72. The highest BCUT2D eigenvalue weighted by Crippen LogP contribution is 2.28. The van der Waals surface area contributed by atoms with E-state index in [2.05, 4.69) is 0 Å². The quantitative estimate of drug-likeness (QED) is 0.818. The van der Waals surface area contributed by atoms with Crippen molar-refractivity contribution in [1.29, 1.82) is 0 Å². The molecule has 0 heterocycles. The van der Waals surface area contributed by atoms with Gasteiger partial charge in [-0.25, -0.2) is 0 Å². The van der Waals surface area contributed by atoms with Gasteiger partial charge in [0.2, 0.25) is 0 Å². The van der Waals surface area contributed by atoms with Crippen LogP contribution in [-0.2, 0) is 4.79 Å². The predicted molar refractivity (Wildman–Crippen MR) is 61.4 cm³/mol. The lowest BCUT2D eigenvalue weighted by Crippen LogP contribution is -2.37. The number of aliphatic carboxylic acids is 1. The van der Waals surface area contributed by atoms with Gasteiger partial charge in [0, 0.05) is 11.6 Å². The molecule has 2 atom stereocenters. The van der Waals surface area contributed by atoms with Gasteiger partial charge in [0.1, 0.15) is 11.8 Å². The van der Waals surface area contributed by atoms with Gasteiger partial charge in [-0.15, -0.1) is 0 Å². The van der Waals surface area contributed by atoms with Gasteiger partial charge in [-0.2, -0.15) is 0 Å². The first kappa shape index (κ1) is 12.5. The fourth-order valence-corrected chi connectivity index (χ4v) is 1.57. The number of hydrogen-bond acceptors (Lipinski definition) is 3. The third-order valence-corrected chi connectivity index (χ3v) is 2.97. The molecule has 1 rings (SSSR count). The summed E-state index contributed by atoms with van der Waals surface area (Å²) in [5, 5.41) is 18.6. The standard InChI is InChI=1S/C12H17NO3/c1-8(13(3)9(2)12(15)16)10-6-4-5-7-11(10)14/h4-9,14H,1-3H3,(H,15,16). The Morgan fingerprint density at radius 1 is 1.31 bits per heavy atom. The maximum atomic E-state index is 10.9. The zero-order valence-corrected chi connectivity index (χ0v) is 9.71. The maximum absolute atomic E-state index is 10.9. The van der Waals surface area contributed by atoms with Crippen LogP contribution >= 0.6 is 0 Å². The number of benzene rings is 1. The van der Waals surface area contributed by atoms with Gasteiger partial charge in [-0.3, -0.25) is 9.69 Å². The largest absolute Gasteiger partial charge is 0.508 e. The van der Waals surface area contributed by atoms with Crippen molar-refractivity contribution in [2.24, 2.45) is 0 Å². The number of likely N-dealkylation sites (N-methyl/N-ethyl adjacent to an activating group) is 1. The van der Waals surface area contributed by atoms with Crippen LogP contribution in [0.2, 0.25) is 0 Å². The van der Waals surface area contributed by atoms with Gasteiger partial charge in [-0.05, 0) is 27.0 Å². The molecule has 1 aromatic rings. The summed E-state index contributed by atoms with van der Waals surface area (Å²) < 4.78 is 0. The Hall–Kier alpha value is -1.55. The van der Waals surface area contributed by atoms with Crippen molar-refractivity contribution in [1.82, 2.24) is 4.90 Å². The van der Waals surface area contributed by atoms with E-state index in [9.17, 15) is 9.90 Å². The van der Waals surface area contributed by atoms with Crippen molar-refractivity contribution in [2.45, 2.75) is 25.9 Å². The summed E-state index contributed by atoms with van der Waals surface area (Å²) in [7, 11) is 1.73. The van der Waals surface area contributed by atoms with Crippen LogP contribution < -0.4 is 0 Å². The smallest absolute Gasteiger partial charge is 0.320 e. The van der Waals surface area contributed by atoms with Crippen molar-refractivity contribution in [2.75, 3.05) is 7.05 Å². The average Bonchev–Trinajstić information content (AvgIpc) is 2.26. The van der Waals surface area contributed by atoms with Gasteiger partial charge < -0.3 is 10.2 Å². The first-order valence-electron chi connectivity index (χ1n) is 5.17. The summed E-state index contributed by atoms with van der Waals surface area (Å²) >= 11 is 0. The van der Waals surface area contributed by atoms with Crippen molar-refractivity contribution in [3.63, 3.8) is 0 Å². The molecule has 1 aromatic carbocycles. The highest BCUT2D eigenvalue weighted by atomic mass is 16.4. The van der Waals surface area contributed by atoms with Crippen molar-refractivity contribution >= 4 is 5.97 Å². The van der Waals surface area contributed by atoms with E-state index < -0.39 is 12.0 Å². The minimum Gasteiger partial charge on any atom is -0.508 e. The minimum atomic E-state index is -0.871. The predicted octanol–water partition coefficient (Wildman–Crippen LogP) is 1.86. The van der Waals surface area contributed by atoms with Crippen LogP contribution in [0.1, 0.15) is 25.5 Å². The molecule has 2 N–H and O–H groups in total. The Kier molecular flexibility index (Phi) is 3.90. The summed E-state index contributed by atoms with van der Waals surface area (Å²) in [6.45, 7) is 3.49. The molecule has 2 unspecified atom stereocenters. The summed E-state index contributed by atoms with van der Waals surface area (Å²) in [6.07, 6.45) is 0. The molecule has 0 aliphatic heterocycles. The van der Waals surface area contributed by atoms with E-state index in [4.69, 9.17) is 5.11 Å². The van der Waals surface area contributed by atoms with Gasteiger partial charge in [-0.1, -0.05) is 18.2 Å². The minimum absolute atomic E-state index is 0.146. The lowest BCUT2D eigenvalue weighted by Gasteiger charge is -2.28. The van der Waals surface area contributed by atoms with Gasteiger partial charge >= 0.3 is 5.97 Å². The lowest BCUT2D eigenvalue weighted by molar-refractivity contribution is -0.142. The number of rotatable bonds is 4. The van der Waals surface area contributed by atoms with E-state index in [1.165, 1.54) is 0 Å².